The van der Waals surface area contributed by atoms with Gasteiger partial charge in [-0.2, -0.15) is 0 Å². The van der Waals surface area contributed by atoms with Gasteiger partial charge in [-0.15, -0.1) is 0 Å². The number of sulfone groups is 1. The van der Waals surface area contributed by atoms with Crippen molar-refractivity contribution in [2.45, 2.75) is 19.3 Å². The molecule has 6 heteroatoms. The van der Waals surface area contributed by atoms with Crippen LogP contribution < -0.4 is 11.1 Å². The first-order chi connectivity index (χ1) is 6.90. The minimum absolute atomic E-state index is 0.0145. The van der Waals surface area contributed by atoms with E-state index >= 15 is 0 Å². The maximum absolute atomic E-state index is 11.7. The van der Waals surface area contributed by atoms with Crippen molar-refractivity contribution in [3.8, 4) is 0 Å². The Morgan fingerprint density at radius 1 is 1.47 bits per heavy atom. The average Bonchev–Trinajstić information content (AvgIpc) is 2.00. The lowest BCUT2D eigenvalue weighted by molar-refractivity contribution is -0.135. The monoisotopic (exact) mass is 234 g/mol. The number of hydrogen-bond acceptors (Lipinski definition) is 4. The molecule has 0 radical (unpaired) electrons. The highest BCUT2D eigenvalue weighted by molar-refractivity contribution is 7.90. The second-order valence-corrected chi connectivity index (χ2v) is 6.48. The molecule has 0 aromatic rings. The van der Waals surface area contributed by atoms with E-state index in [-0.39, 0.29) is 18.2 Å². The van der Waals surface area contributed by atoms with E-state index in [0.29, 0.717) is 6.54 Å². The van der Waals surface area contributed by atoms with Crippen LogP contribution in [0.15, 0.2) is 0 Å². The third-order valence-corrected chi connectivity index (χ3v) is 3.89. The Morgan fingerprint density at radius 2 is 2.07 bits per heavy atom. The third-order valence-electron chi connectivity index (χ3n) is 2.94. The second kappa shape index (κ2) is 4.49. The van der Waals surface area contributed by atoms with Gasteiger partial charge < -0.3 is 11.1 Å². The lowest BCUT2D eigenvalue weighted by Crippen LogP contribution is -2.51. The number of rotatable bonds is 5. The summed E-state index contributed by atoms with van der Waals surface area (Å²) < 4.78 is 21.7. The largest absolute Gasteiger partial charge is 0.355 e. The molecule has 88 valence electrons. The summed E-state index contributed by atoms with van der Waals surface area (Å²) in [6.45, 7) is 0.525. The van der Waals surface area contributed by atoms with Crippen LogP contribution in [-0.4, -0.2) is 39.4 Å². The molecule has 0 bridgehead atoms. The molecule has 0 heterocycles. The highest BCUT2D eigenvalue weighted by atomic mass is 32.2. The highest BCUT2D eigenvalue weighted by Crippen LogP contribution is 2.39. The molecule has 0 aliphatic heterocycles. The van der Waals surface area contributed by atoms with Crippen molar-refractivity contribution in [1.82, 2.24) is 5.32 Å². The van der Waals surface area contributed by atoms with E-state index in [2.05, 4.69) is 5.32 Å². The van der Waals surface area contributed by atoms with Gasteiger partial charge in [-0.1, -0.05) is 6.42 Å². The second-order valence-electron chi connectivity index (χ2n) is 4.22. The minimum atomic E-state index is -3.01. The van der Waals surface area contributed by atoms with Gasteiger partial charge in [-0.25, -0.2) is 8.42 Å². The van der Waals surface area contributed by atoms with Crippen LogP contribution in [0.25, 0.3) is 0 Å². The van der Waals surface area contributed by atoms with Crippen molar-refractivity contribution in [3.05, 3.63) is 0 Å². The zero-order valence-corrected chi connectivity index (χ0v) is 9.77. The molecule has 0 saturated heterocycles. The number of nitrogens with two attached hydrogens (primary N) is 1. The number of hydrogen-bond donors (Lipinski definition) is 2. The molecule has 0 spiro atoms. The standard InChI is InChI=1S/C9H18N2O3S/c1-15(13,14)6-5-11-8(12)9(7-10)3-2-4-9/h2-7,10H2,1H3,(H,11,12). The quantitative estimate of drug-likeness (QED) is 0.656. The van der Waals surface area contributed by atoms with Crippen LogP contribution in [-0.2, 0) is 14.6 Å². The fraction of sp³-hybridized carbons (Fsp3) is 0.889. The van der Waals surface area contributed by atoms with Crippen molar-refractivity contribution >= 4 is 15.7 Å². The van der Waals surface area contributed by atoms with Gasteiger partial charge in [0.2, 0.25) is 5.91 Å². The summed E-state index contributed by atoms with van der Waals surface area (Å²) >= 11 is 0. The van der Waals surface area contributed by atoms with Gasteiger partial charge in [0.1, 0.15) is 9.84 Å². The van der Waals surface area contributed by atoms with Crippen LogP contribution in [0.5, 0.6) is 0 Å². The topological polar surface area (TPSA) is 89.3 Å². The Balaban J connectivity index is 2.36. The maximum atomic E-state index is 11.7. The molecular formula is C9H18N2O3S. The van der Waals surface area contributed by atoms with Crippen molar-refractivity contribution < 1.29 is 13.2 Å². The predicted octanol–water partition coefficient (Wildman–Crippen LogP) is -0.724. The summed E-state index contributed by atoms with van der Waals surface area (Å²) in [7, 11) is -3.01. The molecule has 1 aliphatic rings. The molecule has 0 atom stereocenters. The van der Waals surface area contributed by atoms with Gasteiger partial charge in [0.15, 0.2) is 0 Å². The van der Waals surface area contributed by atoms with E-state index in [4.69, 9.17) is 5.73 Å². The van der Waals surface area contributed by atoms with Crippen molar-refractivity contribution in [3.63, 3.8) is 0 Å². The zero-order valence-electron chi connectivity index (χ0n) is 8.95. The average molecular weight is 234 g/mol. The molecule has 1 saturated carbocycles. The van der Waals surface area contributed by atoms with Crippen molar-refractivity contribution in [1.29, 1.82) is 0 Å². The van der Waals surface area contributed by atoms with E-state index < -0.39 is 15.3 Å². The molecule has 1 amide bonds. The van der Waals surface area contributed by atoms with Crippen molar-refractivity contribution in [2.75, 3.05) is 25.1 Å². The van der Waals surface area contributed by atoms with Crippen molar-refractivity contribution in [2.24, 2.45) is 11.1 Å². The number of carbonyl (C=O) groups excluding carboxylic acids is 1. The molecule has 0 unspecified atom stereocenters. The van der Waals surface area contributed by atoms with Crippen LogP contribution in [0.2, 0.25) is 0 Å². The lowest BCUT2D eigenvalue weighted by atomic mass is 9.68. The summed E-state index contributed by atoms with van der Waals surface area (Å²) in [5, 5.41) is 2.63. The number of amides is 1. The van der Waals surface area contributed by atoms with E-state index in [0.717, 1.165) is 25.5 Å². The molecule has 3 N–H and O–H groups in total. The van der Waals surface area contributed by atoms with Crippen LogP contribution in [0, 0.1) is 5.41 Å². The van der Waals surface area contributed by atoms with Crippen LogP contribution in [0.3, 0.4) is 0 Å². The number of carbonyl (C=O) groups is 1. The first kappa shape index (κ1) is 12.4. The van der Waals surface area contributed by atoms with Gasteiger partial charge in [0, 0.05) is 19.3 Å². The SMILES string of the molecule is CS(=O)(=O)CCNC(=O)C1(CN)CCC1. The summed E-state index contributed by atoms with van der Waals surface area (Å²) in [6, 6.07) is 0. The van der Waals surface area contributed by atoms with Gasteiger partial charge in [0.25, 0.3) is 0 Å². The predicted molar refractivity (Wildman–Crippen MR) is 58.1 cm³/mol. The maximum Gasteiger partial charge on any atom is 0.227 e. The molecule has 0 aromatic heterocycles. The van der Waals surface area contributed by atoms with Gasteiger partial charge in [0.05, 0.1) is 11.2 Å². The molecule has 1 aliphatic carbocycles. The lowest BCUT2D eigenvalue weighted by Gasteiger charge is -2.39. The zero-order chi connectivity index (χ0) is 11.5. The Hall–Kier alpha value is -0.620. The Labute approximate surface area is 90.3 Å². The van der Waals surface area contributed by atoms with Gasteiger partial charge >= 0.3 is 0 Å². The molecule has 1 rings (SSSR count). The Morgan fingerprint density at radius 3 is 2.40 bits per heavy atom. The first-order valence-corrected chi connectivity index (χ1v) is 7.12. The van der Waals surface area contributed by atoms with E-state index in [1.165, 1.54) is 0 Å². The fourth-order valence-corrected chi connectivity index (χ4v) is 2.14. The first-order valence-electron chi connectivity index (χ1n) is 5.06. The van der Waals surface area contributed by atoms with Crippen LogP contribution in [0.4, 0.5) is 0 Å². The summed E-state index contributed by atoms with van der Waals surface area (Å²) in [5.74, 6) is -0.112. The Bertz CT molecular complexity index is 328. The van der Waals surface area contributed by atoms with E-state index in [1.54, 1.807) is 0 Å². The summed E-state index contributed by atoms with van der Waals surface area (Å²) in [5.41, 5.74) is 5.13. The van der Waals surface area contributed by atoms with E-state index in [9.17, 15) is 13.2 Å². The molecule has 0 aromatic carbocycles. The Kier molecular flexibility index (Phi) is 3.72. The van der Waals surface area contributed by atoms with Gasteiger partial charge in [-0.3, -0.25) is 4.79 Å². The van der Waals surface area contributed by atoms with E-state index in [1.807, 2.05) is 0 Å². The molecular weight excluding hydrogens is 216 g/mol. The summed E-state index contributed by atoms with van der Waals surface area (Å²) in [6.07, 6.45) is 3.81. The highest BCUT2D eigenvalue weighted by Gasteiger charge is 2.42. The molecule has 5 nitrogen and oxygen atoms in total. The molecule has 15 heavy (non-hydrogen) atoms. The summed E-state index contributed by atoms with van der Waals surface area (Å²) in [4.78, 5) is 11.7. The van der Waals surface area contributed by atoms with Crippen LogP contribution >= 0.6 is 0 Å². The normalized spacial score (nSPS) is 19.3. The number of nitrogens with one attached hydrogen (secondary N) is 1. The fourth-order valence-electron chi connectivity index (χ4n) is 1.66. The minimum Gasteiger partial charge on any atom is -0.355 e. The molecule has 1 fully saturated rings. The van der Waals surface area contributed by atoms with Crippen LogP contribution in [0.1, 0.15) is 19.3 Å². The smallest absolute Gasteiger partial charge is 0.227 e. The third kappa shape index (κ3) is 3.17. The van der Waals surface area contributed by atoms with Gasteiger partial charge in [-0.05, 0) is 12.8 Å².